The first kappa shape index (κ1) is 27.1. The second kappa shape index (κ2) is 9.92. The van der Waals surface area contributed by atoms with E-state index in [1.807, 2.05) is 4.90 Å². The monoisotopic (exact) mass is 593 g/mol. The molecule has 0 radical (unpaired) electrons. The fraction of sp³-hybridized carbons (Fsp3) is 0.171. The summed E-state index contributed by atoms with van der Waals surface area (Å²) in [4.78, 5) is 46.0. The zero-order valence-electron chi connectivity index (χ0n) is 23.2. The molecule has 1 aliphatic carbocycles. The van der Waals surface area contributed by atoms with Gasteiger partial charge in [0.25, 0.3) is 0 Å². The van der Waals surface area contributed by atoms with E-state index in [2.05, 4.69) is 0 Å². The molecule has 0 unspecified atom stereocenters. The fourth-order valence-electron chi connectivity index (χ4n) is 7.15. The number of hydrogen-bond acceptors (Lipinski definition) is 6. The standard InChI is InChI=1S/C35H25ClFNO5/c1-42-27-15-9-21(18-28(27)43-2)30-31(32(39)19-7-11-22(36)12-8-19)38-26-14-13-23(37)17-20(26)10-16-29(38)35(30)33(40)24-5-3-4-6-25(24)34(35)41/h3-18,29-31H,1-2H3/t29-,30+,31+/m0/s1. The molecule has 214 valence electrons. The number of methoxy groups -OCH3 is 2. The summed E-state index contributed by atoms with van der Waals surface area (Å²) in [7, 11) is 3.02. The molecule has 3 atom stereocenters. The number of ketones is 3. The maximum absolute atomic E-state index is 14.7. The van der Waals surface area contributed by atoms with Gasteiger partial charge in [0.2, 0.25) is 0 Å². The molecule has 3 aliphatic rings. The number of ether oxygens (including phenoxy) is 2. The van der Waals surface area contributed by atoms with Gasteiger partial charge in [-0.25, -0.2) is 4.39 Å². The highest BCUT2D eigenvalue weighted by atomic mass is 35.5. The van der Waals surface area contributed by atoms with Crippen molar-refractivity contribution in [2.75, 3.05) is 19.1 Å². The Bertz CT molecular complexity index is 1830. The minimum atomic E-state index is -1.70. The minimum Gasteiger partial charge on any atom is -0.493 e. The highest BCUT2D eigenvalue weighted by molar-refractivity contribution is 6.32. The molecule has 0 bridgehead atoms. The van der Waals surface area contributed by atoms with Crippen LogP contribution in [0.2, 0.25) is 5.02 Å². The first-order chi connectivity index (χ1) is 20.8. The molecule has 6 nitrogen and oxygen atoms in total. The number of benzene rings is 4. The molecule has 0 N–H and O–H groups in total. The van der Waals surface area contributed by atoms with Gasteiger partial charge in [-0.05, 0) is 60.2 Å². The Morgan fingerprint density at radius 1 is 0.860 bits per heavy atom. The number of Topliss-reactive ketones (excluding diaryl/α,β-unsaturated/α-hetero) is 3. The van der Waals surface area contributed by atoms with E-state index in [1.54, 1.807) is 84.9 Å². The number of hydrogen-bond donors (Lipinski definition) is 0. The first-order valence-corrected chi connectivity index (χ1v) is 14.2. The van der Waals surface area contributed by atoms with Crippen LogP contribution in [0.1, 0.15) is 48.1 Å². The smallest absolute Gasteiger partial charge is 0.185 e. The number of carbonyl (C=O) groups excluding carboxylic acids is 3. The number of halogens is 2. The molecular weight excluding hydrogens is 569 g/mol. The Morgan fingerprint density at radius 3 is 2.19 bits per heavy atom. The van der Waals surface area contributed by atoms with Gasteiger partial charge in [-0.1, -0.05) is 54.1 Å². The third-order valence-electron chi connectivity index (χ3n) is 8.93. The van der Waals surface area contributed by atoms with Crippen LogP contribution in [0.4, 0.5) is 10.1 Å². The van der Waals surface area contributed by atoms with Gasteiger partial charge in [0.05, 0.1) is 20.3 Å². The van der Waals surface area contributed by atoms with Crippen LogP contribution in [-0.4, -0.2) is 43.7 Å². The molecule has 2 heterocycles. The van der Waals surface area contributed by atoms with Crippen molar-refractivity contribution in [2.24, 2.45) is 5.41 Å². The molecule has 1 spiro atoms. The lowest BCUT2D eigenvalue weighted by Crippen LogP contribution is -2.48. The van der Waals surface area contributed by atoms with Gasteiger partial charge in [-0.2, -0.15) is 0 Å². The average Bonchev–Trinajstić information content (AvgIpc) is 3.46. The summed E-state index contributed by atoms with van der Waals surface area (Å²) < 4.78 is 25.5. The third kappa shape index (κ3) is 3.74. The molecular formula is C35H25ClFNO5. The largest absolute Gasteiger partial charge is 0.493 e. The lowest BCUT2D eigenvalue weighted by molar-refractivity contribution is 0.0665. The average molecular weight is 594 g/mol. The molecule has 7 rings (SSSR count). The predicted octanol–water partition coefficient (Wildman–Crippen LogP) is 6.81. The first-order valence-electron chi connectivity index (χ1n) is 13.8. The predicted molar refractivity (Wildman–Crippen MR) is 161 cm³/mol. The highest BCUT2D eigenvalue weighted by Gasteiger charge is 2.71. The van der Waals surface area contributed by atoms with Gasteiger partial charge in [-0.3, -0.25) is 14.4 Å². The fourth-order valence-corrected chi connectivity index (χ4v) is 7.28. The van der Waals surface area contributed by atoms with Crippen molar-refractivity contribution in [1.82, 2.24) is 0 Å². The summed E-state index contributed by atoms with van der Waals surface area (Å²) in [6, 6.07) is 20.9. The van der Waals surface area contributed by atoms with Gasteiger partial charge in [0.1, 0.15) is 17.3 Å². The van der Waals surface area contributed by atoms with Crippen LogP contribution >= 0.6 is 11.6 Å². The molecule has 43 heavy (non-hydrogen) atoms. The van der Waals surface area contributed by atoms with Crippen molar-refractivity contribution in [1.29, 1.82) is 0 Å². The van der Waals surface area contributed by atoms with Crippen LogP contribution in [0.5, 0.6) is 11.5 Å². The van der Waals surface area contributed by atoms with Crippen molar-refractivity contribution in [3.8, 4) is 11.5 Å². The number of rotatable bonds is 5. The van der Waals surface area contributed by atoms with E-state index >= 15 is 0 Å². The van der Waals surface area contributed by atoms with E-state index in [1.165, 1.54) is 26.4 Å². The molecule has 0 aromatic heterocycles. The molecule has 1 fully saturated rings. The second-order valence-electron chi connectivity index (χ2n) is 10.9. The van der Waals surface area contributed by atoms with E-state index in [0.717, 1.165) is 0 Å². The number of carbonyl (C=O) groups is 3. The molecule has 1 saturated heterocycles. The van der Waals surface area contributed by atoms with E-state index in [-0.39, 0.29) is 17.3 Å². The Balaban J connectivity index is 1.55. The Morgan fingerprint density at radius 2 is 1.53 bits per heavy atom. The summed E-state index contributed by atoms with van der Waals surface area (Å²) in [6.07, 6.45) is 3.48. The topological polar surface area (TPSA) is 72.9 Å². The Kier molecular flexibility index (Phi) is 6.25. The van der Waals surface area contributed by atoms with Crippen LogP contribution < -0.4 is 14.4 Å². The van der Waals surface area contributed by atoms with Gasteiger partial charge >= 0.3 is 0 Å². The summed E-state index contributed by atoms with van der Waals surface area (Å²) in [6.45, 7) is 0. The molecule has 4 aromatic rings. The number of anilines is 1. The van der Waals surface area contributed by atoms with Crippen molar-refractivity contribution in [3.05, 3.63) is 130 Å². The van der Waals surface area contributed by atoms with E-state index < -0.39 is 29.2 Å². The van der Waals surface area contributed by atoms with Crippen molar-refractivity contribution < 1.29 is 28.2 Å². The lowest BCUT2D eigenvalue weighted by atomic mass is 9.64. The zero-order chi connectivity index (χ0) is 30.0. The SMILES string of the molecule is COc1ccc([C@@H]2[C@H](C(=O)c3ccc(Cl)cc3)N3c4ccc(F)cc4C=C[C@H]3C23C(=O)c2ccccc2C3=O)cc1OC. The quantitative estimate of drug-likeness (QED) is 0.187. The lowest BCUT2D eigenvalue weighted by Gasteiger charge is -2.37. The zero-order valence-corrected chi connectivity index (χ0v) is 24.0. The van der Waals surface area contributed by atoms with Crippen molar-refractivity contribution in [3.63, 3.8) is 0 Å². The van der Waals surface area contributed by atoms with Crippen LogP contribution in [-0.2, 0) is 0 Å². The summed E-state index contributed by atoms with van der Waals surface area (Å²) in [5.74, 6) is -1.55. The van der Waals surface area contributed by atoms with Gasteiger partial charge in [0, 0.05) is 38.9 Å². The molecule has 0 saturated carbocycles. The maximum Gasteiger partial charge on any atom is 0.185 e. The molecule has 4 aromatic carbocycles. The van der Waals surface area contributed by atoms with E-state index in [0.29, 0.717) is 50.0 Å². The Hall–Kier alpha value is -4.75. The highest BCUT2D eigenvalue weighted by Crippen LogP contribution is 2.61. The van der Waals surface area contributed by atoms with E-state index in [9.17, 15) is 18.8 Å². The van der Waals surface area contributed by atoms with E-state index in [4.69, 9.17) is 21.1 Å². The normalized spacial score (nSPS) is 21.0. The number of nitrogens with zero attached hydrogens (tertiary/aromatic N) is 1. The van der Waals surface area contributed by atoms with Gasteiger partial charge < -0.3 is 14.4 Å². The van der Waals surface area contributed by atoms with Crippen LogP contribution in [0.15, 0.2) is 91.0 Å². The minimum absolute atomic E-state index is 0.305. The summed E-state index contributed by atoms with van der Waals surface area (Å²) in [5.41, 5.74) is 0.962. The molecule has 2 aliphatic heterocycles. The van der Waals surface area contributed by atoms with Gasteiger partial charge in [-0.15, -0.1) is 0 Å². The van der Waals surface area contributed by atoms with Crippen molar-refractivity contribution >= 4 is 40.7 Å². The van der Waals surface area contributed by atoms with Gasteiger partial charge in [0.15, 0.2) is 28.8 Å². The van der Waals surface area contributed by atoms with Crippen LogP contribution in [0.25, 0.3) is 6.08 Å². The summed E-state index contributed by atoms with van der Waals surface area (Å²) >= 11 is 6.16. The number of fused-ring (bicyclic) bond motifs is 5. The Labute approximate surface area is 252 Å². The third-order valence-corrected chi connectivity index (χ3v) is 9.18. The van der Waals surface area contributed by atoms with Crippen LogP contribution in [0, 0.1) is 11.2 Å². The van der Waals surface area contributed by atoms with Crippen LogP contribution in [0.3, 0.4) is 0 Å². The van der Waals surface area contributed by atoms with Crippen molar-refractivity contribution in [2.45, 2.75) is 18.0 Å². The second-order valence-corrected chi connectivity index (χ2v) is 11.3. The summed E-state index contributed by atoms with van der Waals surface area (Å²) in [5, 5.41) is 0.465. The molecule has 8 heteroatoms. The maximum atomic E-state index is 14.7. The molecule has 0 amide bonds.